The quantitative estimate of drug-likeness (QED) is 0.199. The van der Waals surface area contributed by atoms with Gasteiger partial charge in [-0.1, -0.05) is 66.7 Å². The first-order valence-electron chi connectivity index (χ1n) is 15.5. The van der Waals surface area contributed by atoms with Crippen LogP contribution in [0.2, 0.25) is 0 Å². The van der Waals surface area contributed by atoms with E-state index in [4.69, 9.17) is 4.42 Å². The maximum Gasteiger partial charge on any atom is 0.136 e. The van der Waals surface area contributed by atoms with Crippen LogP contribution in [0.4, 0.5) is 0 Å². The fraction of sp³-hybridized carbons (Fsp3) is 0.0476. The lowest BCUT2D eigenvalue weighted by Crippen LogP contribution is -1.92. The van der Waals surface area contributed by atoms with E-state index >= 15 is 0 Å². The van der Waals surface area contributed by atoms with Crippen molar-refractivity contribution in [2.45, 2.75) is 11.5 Å². The molecule has 46 heavy (non-hydrogen) atoms. The summed E-state index contributed by atoms with van der Waals surface area (Å²) in [7, 11) is 0. The fourth-order valence-electron chi connectivity index (χ4n) is 6.76. The number of pyridine rings is 2. The van der Waals surface area contributed by atoms with Gasteiger partial charge in [0.25, 0.3) is 0 Å². The Labute approximate surface area is 271 Å². The summed E-state index contributed by atoms with van der Waals surface area (Å²) in [5, 5.41) is 2.33. The lowest BCUT2D eigenvalue weighted by molar-refractivity contribution is 0.669. The molecule has 0 aliphatic carbocycles. The molecule has 9 rings (SSSR count). The minimum absolute atomic E-state index is 0.924. The largest absolute Gasteiger partial charge is 0.456 e. The van der Waals surface area contributed by atoms with Gasteiger partial charge in [0.15, 0.2) is 0 Å². The molecule has 1 aliphatic heterocycles. The molecule has 0 saturated heterocycles. The predicted octanol–water partition coefficient (Wildman–Crippen LogP) is 11.5. The molecule has 0 atom stereocenters. The molecule has 3 nitrogen and oxygen atoms in total. The highest BCUT2D eigenvalue weighted by Crippen LogP contribution is 2.43. The minimum Gasteiger partial charge on any atom is -0.456 e. The van der Waals surface area contributed by atoms with E-state index in [1.807, 2.05) is 60.8 Å². The number of furan rings is 1. The highest BCUT2D eigenvalue weighted by atomic mass is 32.2. The van der Waals surface area contributed by atoms with Gasteiger partial charge >= 0.3 is 0 Å². The second-order valence-electron chi connectivity index (χ2n) is 11.8. The molecule has 0 radical (unpaired) electrons. The third kappa shape index (κ3) is 4.70. The van der Waals surface area contributed by atoms with Gasteiger partial charge in [0.05, 0.1) is 0 Å². The van der Waals surface area contributed by atoms with Gasteiger partial charge in [-0.15, -0.1) is 0 Å². The SMILES string of the molecule is c1cncc(-c2cc(-c3cccnc3)cc(-c3ccc4c(c3)CSCc3ccc(-c5cccc6oc7ccccc7c56)cc3-4)c2)c1. The molecule has 3 aromatic heterocycles. The van der Waals surface area contributed by atoms with Crippen molar-refractivity contribution in [3.05, 3.63) is 157 Å². The van der Waals surface area contributed by atoms with Crippen LogP contribution in [-0.4, -0.2) is 9.97 Å². The lowest BCUT2D eigenvalue weighted by atomic mass is 9.89. The van der Waals surface area contributed by atoms with Crippen molar-refractivity contribution in [1.29, 1.82) is 0 Å². The summed E-state index contributed by atoms with van der Waals surface area (Å²) in [6.45, 7) is 0. The summed E-state index contributed by atoms with van der Waals surface area (Å²) in [6.07, 6.45) is 7.50. The number of nitrogens with zero attached hydrogens (tertiary/aromatic N) is 2. The van der Waals surface area contributed by atoms with Crippen LogP contribution in [0.25, 0.3) is 77.6 Å². The van der Waals surface area contributed by atoms with Crippen molar-refractivity contribution < 1.29 is 4.42 Å². The molecular formula is C42H28N2OS. The molecular weight excluding hydrogens is 581 g/mol. The molecule has 0 N–H and O–H groups in total. The van der Waals surface area contributed by atoms with E-state index in [0.717, 1.165) is 50.3 Å². The Morgan fingerprint density at radius 1 is 0.457 bits per heavy atom. The lowest BCUT2D eigenvalue weighted by Gasteiger charge is -2.15. The summed E-state index contributed by atoms with van der Waals surface area (Å²) >= 11 is 1.98. The molecule has 218 valence electrons. The second kappa shape index (κ2) is 11.2. The molecule has 0 saturated carbocycles. The molecule has 4 heteroatoms. The topological polar surface area (TPSA) is 38.9 Å². The second-order valence-corrected chi connectivity index (χ2v) is 12.8. The third-order valence-electron chi connectivity index (χ3n) is 8.99. The van der Waals surface area contributed by atoms with Gasteiger partial charge in [0.2, 0.25) is 0 Å². The van der Waals surface area contributed by atoms with Gasteiger partial charge < -0.3 is 4.42 Å². The van der Waals surface area contributed by atoms with Crippen molar-refractivity contribution in [3.63, 3.8) is 0 Å². The van der Waals surface area contributed by atoms with Gasteiger partial charge in [-0.3, -0.25) is 9.97 Å². The Morgan fingerprint density at radius 3 is 1.91 bits per heavy atom. The minimum atomic E-state index is 0.924. The fourth-order valence-corrected chi connectivity index (χ4v) is 7.79. The average molecular weight is 609 g/mol. The molecule has 0 amide bonds. The number of fused-ring (bicyclic) bond motifs is 6. The Kier molecular flexibility index (Phi) is 6.53. The monoisotopic (exact) mass is 608 g/mol. The van der Waals surface area contributed by atoms with Crippen molar-refractivity contribution in [2.75, 3.05) is 0 Å². The van der Waals surface area contributed by atoms with Crippen LogP contribution in [-0.2, 0) is 11.5 Å². The maximum atomic E-state index is 6.22. The Hall–Kier alpha value is -5.45. The van der Waals surface area contributed by atoms with E-state index in [2.05, 4.69) is 107 Å². The van der Waals surface area contributed by atoms with E-state index in [9.17, 15) is 0 Å². The summed E-state index contributed by atoms with van der Waals surface area (Å²) in [5.41, 5.74) is 16.5. The molecule has 8 aromatic rings. The van der Waals surface area contributed by atoms with Gasteiger partial charge in [-0.05, 0) is 110 Å². The van der Waals surface area contributed by atoms with Gasteiger partial charge in [0.1, 0.15) is 11.2 Å². The first-order valence-corrected chi connectivity index (χ1v) is 16.6. The number of aromatic nitrogens is 2. The van der Waals surface area contributed by atoms with E-state index in [-0.39, 0.29) is 0 Å². The first-order chi connectivity index (χ1) is 22.8. The molecule has 0 bridgehead atoms. The zero-order valence-corrected chi connectivity index (χ0v) is 25.8. The highest BCUT2D eigenvalue weighted by Gasteiger charge is 2.19. The van der Waals surface area contributed by atoms with Crippen LogP contribution in [0.15, 0.2) is 151 Å². The molecule has 0 spiro atoms. The van der Waals surface area contributed by atoms with Crippen molar-refractivity contribution in [2.24, 2.45) is 0 Å². The van der Waals surface area contributed by atoms with Crippen LogP contribution in [0, 0.1) is 0 Å². The van der Waals surface area contributed by atoms with Crippen LogP contribution in [0.3, 0.4) is 0 Å². The number of hydrogen-bond acceptors (Lipinski definition) is 4. The van der Waals surface area contributed by atoms with Crippen LogP contribution < -0.4 is 0 Å². The third-order valence-corrected chi connectivity index (χ3v) is 10.0. The Morgan fingerprint density at radius 2 is 1.15 bits per heavy atom. The van der Waals surface area contributed by atoms with Crippen LogP contribution in [0.5, 0.6) is 0 Å². The van der Waals surface area contributed by atoms with Crippen LogP contribution >= 0.6 is 11.8 Å². The summed E-state index contributed by atoms with van der Waals surface area (Å²) in [5.74, 6) is 1.95. The summed E-state index contributed by atoms with van der Waals surface area (Å²) in [4.78, 5) is 8.78. The van der Waals surface area contributed by atoms with Crippen molar-refractivity contribution in [3.8, 4) is 55.6 Å². The standard InChI is InChI=1S/C42H28N2OS/c1-2-10-40-38(8-1)42-37(9-3-11-41(42)45-40)28-12-13-31-25-46-26-35-18-27(14-15-36(35)39(31)22-28)32-19-33(29-6-4-16-43-23-29)21-34(20-32)30-7-5-17-44-24-30/h1-24H,25-26H2. The number of para-hydroxylation sites is 1. The van der Waals surface area contributed by atoms with E-state index < -0.39 is 0 Å². The van der Waals surface area contributed by atoms with Gasteiger partial charge in [-0.25, -0.2) is 0 Å². The summed E-state index contributed by atoms with van der Waals surface area (Å²) < 4.78 is 6.22. The highest BCUT2D eigenvalue weighted by molar-refractivity contribution is 7.97. The number of benzene rings is 5. The van der Waals surface area contributed by atoms with Gasteiger partial charge in [-0.2, -0.15) is 11.8 Å². The average Bonchev–Trinajstić information content (AvgIpc) is 3.41. The maximum absolute atomic E-state index is 6.22. The summed E-state index contributed by atoms with van der Waals surface area (Å²) in [6, 6.07) is 43.7. The molecule has 4 heterocycles. The van der Waals surface area contributed by atoms with E-state index in [0.29, 0.717) is 0 Å². The number of rotatable bonds is 4. The molecule has 0 fully saturated rings. The molecule has 0 unspecified atom stereocenters. The van der Waals surface area contributed by atoms with Crippen molar-refractivity contribution >= 4 is 33.7 Å². The van der Waals surface area contributed by atoms with Crippen LogP contribution in [0.1, 0.15) is 11.1 Å². The van der Waals surface area contributed by atoms with E-state index in [1.165, 1.54) is 49.9 Å². The zero-order chi connectivity index (χ0) is 30.5. The molecule has 1 aliphatic rings. The first kappa shape index (κ1) is 26.9. The smallest absolute Gasteiger partial charge is 0.136 e. The van der Waals surface area contributed by atoms with Gasteiger partial charge in [0, 0.05) is 58.2 Å². The normalized spacial score (nSPS) is 12.5. The Balaban J connectivity index is 1.17. The molecule has 5 aromatic carbocycles. The predicted molar refractivity (Wildman–Crippen MR) is 191 cm³/mol. The van der Waals surface area contributed by atoms with E-state index in [1.54, 1.807) is 0 Å². The Bertz CT molecular complexity index is 2340. The zero-order valence-electron chi connectivity index (χ0n) is 25.0. The van der Waals surface area contributed by atoms with Crippen molar-refractivity contribution in [1.82, 2.24) is 9.97 Å². The number of hydrogen-bond donors (Lipinski definition) is 0. The number of thioether (sulfide) groups is 1.